The van der Waals surface area contributed by atoms with Crippen LogP contribution in [0, 0.1) is 11.8 Å². The first-order valence-electron chi connectivity index (χ1n) is 16.4. The summed E-state index contributed by atoms with van der Waals surface area (Å²) in [6, 6.07) is 3.96. The Bertz CT molecular complexity index is 1190. The molecule has 270 valence electrons. The average molecular weight is 679 g/mol. The summed E-state index contributed by atoms with van der Waals surface area (Å²) in [7, 11) is 0. The van der Waals surface area contributed by atoms with Gasteiger partial charge in [-0.15, -0.1) is 0 Å². The summed E-state index contributed by atoms with van der Waals surface area (Å²) in [4.78, 5) is 74.7. The Morgan fingerprint density at radius 1 is 0.979 bits per heavy atom. The van der Waals surface area contributed by atoms with Crippen LogP contribution >= 0.6 is 0 Å². The van der Waals surface area contributed by atoms with Crippen molar-refractivity contribution in [1.82, 2.24) is 26.2 Å². The normalized spacial score (nSPS) is 20.7. The minimum atomic E-state index is -1.22. The van der Waals surface area contributed by atoms with E-state index in [1.807, 2.05) is 27.7 Å². The van der Waals surface area contributed by atoms with Gasteiger partial charge in [-0.3, -0.25) is 28.8 Å². The lowest BCUT2D eigenvalue weighted by Crippen LogP contribution is -2.57. The van der Waals surface area contributed by atoms with E-state index < -0.39 is 42.0 Å². The zero-order valence-electron chi connectivity index (χ0n) is 28.7. The number of nitrogens with two attached hydrogens (primary N) is 1. The summed E-state index contributed by atoms with van der Waals surface area (Å²) < 4.78 is 5.63. The zero-order chi connectivity index (χ0) is 36.2. The van der Waals surface area contributed by atoms with Gasteiger partial charge in [-0.2, -0.15) is 0 Å². The Balaban J connectivity index is 0.00000369. The third kappa shape index (κ3) is 16.0. The number of hydrogen-bond donors (Lipinski definition) is 7. The molecule has 1 aliphatic heterocycles. The van der Waals surface area contributed by atoms with Crippen LogP contribution < -0.4 is 31.7 Å². The highest BCUT2D eigenvalue weighted by molar-refractivity contribution is 5.92. The molecule has 48 heavy (non-hydrogen) atoms. The van der Waals surface area contributed by atoms with E-state index >= 15 is 0 Å². The van der Waals surface area contributed by atoms with Crippen molar-refractivity contribution in [1.29, 1.82) is 0 Å². The number of ether oxygens (including phenoxy) is 1. The number of fused-ring (bicyclic) bond motifs is 2. The summed E-state index contributed by atoms with van der Waals surface area (Å²) >= 11 is 0. The fourth-order valence-corrected chi connectivity index (χ4v) is 4.81. The monoisotopic (exact) mass is 678 g/mol. The highest BCUT2D eigenvalue weighted by Crippen LogP contribution is 2.15. The van der Waals surface area contributed by atoms with Crippen LogP contribution in [0.2, 0.25) is 0 Å². The molecule has 1 aromatic rings. The minimum Gasteiger partial charge on any atom is -0.484 e. The van der Waals surface area contributed by atoms with E-state index in [-0.39, 0.29) is 49.7 Å². The predicted octanol–water partition coefficient (Wildman–Crippen LogP) is -0.0666. The number of carbonyl (C=O) groups is 6. The maximum absolute atomic E-state index is 13.3. The maximum atomic E-state index is 13.3. The molecule has 1 heterocycles. The summed E-state index contributed by atoms with van der Waals surface area (Å²) in [6.07, 6.45) is 0.715. The van der Waals surface area contributed by atoms with Crippen LogP contribution in [0.25, 0.3) is 0 Å². The molecule has 0 aliphatic carbocycles. The Hall–Kier alpha value is -4.24. The van der Waals surface area contributed by atoms with Crippen molar-refractivity contribution in [3.05, 3.63) is 29.8 Å². The molecule has 0 spiro atoms. The number of nitrogens with one attached hydrogen (secondary N) is 4. The number of carboxylic acid groups (broad SMARTS) is 1. The van der Waals surface area contributed by atoms with E-state index in [1.165, 1.54) is 6.92 Å². The molecule has 0 fully saturated rings. The number of amides is 5. The van der Waals surface area contributed by atoms with Gasteiger partial charge in [0.1, 0.15) is 17.8 Å². The van der Waals surface area contributed by atoms with E-state index in [0.29, 0.717) is 56.6 Å². The van der Waals surface area contributed by atoms with Crippen molar-refractivity contribution in [2.45, 2.75) is 91.0 Å². The second-order valence-electron chi connectivity index (χ2n) is 12.5. The molecule has 8 N–H and O–H groups in total. The van der Waals surface area contributed by atoms with Gasteiger partial charge in [0.05, 0.1) is 18.6 Å². The molecule has 15 nitrogen and oxygen atoms in total. The van der Waals surface area contributed by atoms with Crippen molar-refractivity contribution in [2.24, 2.45) is 17.6 Å². The first-order valence-corrected chi connectivity index (χ1v) is 16.4. The van der Waals surface area contributed by atoms with Gasteiger partial charge in [0.2, 0.25) is 23.6 Å². The number of rotatable bonds is 5. The third-order valence-corrected chi connectivity index (χ3v) is 7.45. The van der Waals surface area contributed by atoms with Crippen LogP contribution in [0.3, 0.4) is 0 Å². The standard InChI is InChI=1S/C32H52N6O7.CH2O2/c1-20(2)16-25-30(42)37-29(22(5)39)31(43)35-12-6-7-14-38(32(44)28(33)21(3)4)15-9-13-34-27(41)19-45-24-11-8-10-23(17-24)18-26(40)36-25;2-1-3/h8,10-11,17,20-22,25,28-29,39H,6-7,9,12-16,18-19,33H2,1-5H3,(H,34,41)(H,35,43)(H,36,40)(H,37,42);1H,(H,2,3)/t22-,25-,28+,29?;/m1./s1. The molecule has 0 saturated heterocycles. The topological polar surface area (TPSA) is 229 Å². The second-order valence-corrected chi connectivity index (χ2v) is 12.5. The van der Waals surface area contributed by atoms with Gasteiger partial charge < -0.3 is 46.9 Å². The van der Waals surface area contributed by atoms with Gasteiger partial charge in [0.25, 0.3) is 12.4 Å². The molecule has 1 aliphatic rings. The summed E-state index contributed by atoms with van der Waals surface area (Å²) in [5.74, 6) is -1.61. The van der Waals surface area contributed by atoms with Crippen LogP contribution in [0.1, 0.15) is 65.9 Å². The summed E-state index contributed by atoms with van der Waals surface area (Å²) in [5, 5.41) is 28.1. The smallest absolute Gasteiger partial charge is 0.290 e. The highest BCUT2D eigenvalue weighted by Gasteiger charge is 2.30. The van der Waals surface area contributed by atoms with E-state index in [4.69, 9.17) is 20.4 Å². The molecule has 1 aromatic carbocycles. The molecule has 0 saturated carbocycles. The van der Waals surface area contributed by atoms with Crippen molar-refractivity contribution in [3.63, 3.8) is 0 Å². The first-order chi connectivity index (χ1) is 22.7. The van der Waals surface area contributed by atoms with E-state index in [9.17, 15) is 29.1 Å². The molecule has 5 amide bonds. The van der Waals surface area contributed by atoms with Gasteiger partial charge in [0.15, 0.2) is 6.61 Å². The third-order valence-electron chi connectivity index (χ3n) is 7.45. The van der Waals surface area contributed by atoms with Crippen LogP contribution in [0.4, 0.5) is 0 Å². The van der Waals surface area contributed by atoms with Gasteiger partial charge in [-0.25, -0.2) is 0 Å². The first kappa shape index (κ1) is 41.8. The predicted molar refractivity (Wildman–Crippen MR) is 179 cm³/mol. The van der Waals surface area contributed by atoms with Crippen LogP contribution in [-0.4, -0.2) is 108 Å². The molecule has 0 radical (unpaired) electrons. The number of carbonyl (C=O) groups excluding carboxylic acids is 5. The van der Waals surface area contributed by atoms with Crippen LogP contribution in [0.5, 0.6) is 5.75 Å². The lowest BCUT2D eigenvalue weighted by molar-refractivity contribution is -0.134. The molecule has 0 aromatic heterocycles. The number of benzene rings is 1. The van der Waals surface area contributed by atoms with Gasteiger partial charge in [-0.1, -0.05) is 39.8 Å². The number of aliphatic hydroxyl groups excluding tert-OH is 1. The molecule has 1 unspecified atom stereocenters. The average Bonchev–Trinajstić information content (AvgIpc) is 3.01. The molecule has 2 bridgehead atoms. The fourth-order valence-electron chi connectivity index (χ4n) is 4.81. The van der Waals surface area contributed by atoms with Crippen molar-refractivity contribution < 1.29 is 43.7 Å². The number of nitrogens with zero attached hydrogens (tertiary/aromatic N) is 1. The molecular weight excluding hydrogens is 624 g/mol. The van der Waals surface area contributed by atoms with Gasteiger partial charge in [0, 0.05) is 26.2 Å². The zero-order valence-corrected chi connectivity index (χ0v) is 28.7. The molecule has 4 atom stereocenters. The SMILES string of the molecule is CC(C)C[C@H]1NC(=O)Cc2cccc(c2)OCC(=O)NCCCN(C(=O)[C@@H](N)C(C)C)CCCCNC(=O)C([C@@H](C)O)NC1=O.O=CO. The summed E-state index contributed by atoms with van der Waals surface area (Å²) in [5.41, 5.74) is 6.76. The minimum absolute atomic E-state index is 0.0404. The van der Waals surface area contributed by atoms with Crippen LogP contribution in [-0.2, 0) is 35.2 Å². The fraction of sp³-hybridized carbons (Fsp3) is 0.636. The highest BCUT2D eigenvalue weighted by atomic mass is 16.5. The second kappa shape index (κ2) is 22.4. The van der Waals surface area contributed by atoms with E-state index in [1.54, 1.807) is 29.2 Å². The largest absolute Gasteiger partial charge is 0.484 e. The van der Waals surface area contributed by atoms with Gasteiger partial charge >= 0.3 is 0 Å². The van der Waals surface area contributed by atoms with Crippen molar-refractivity contribution >= 4 is 36.0 Å². The van der Waals surface area contributed by atoms with Crippen LogP contribution in [0.15, 0.2) is 24.3 Å². The maximum Gasteiger partial charge on any atom is 0.290 e. The number of hydrogen-bond acceptors (Lipinski definition) is 9. The Labute approximate surface area is 282 Å². The quantitative estimate of drug-likeness (QED) is 0.205. The van der Waals surface area contributed by atoms with Crippen molar-refractivity contribution in [2.75, 3.05) is 32.8 Å². The van der Waals surface area contributed by atoms with E-state index in [0.717, 1.165) is 0 Å². The van der Waals surface area contributed by atoms with E-state index in [2.05, 4.69) is 21.3 Å². The Kier molecular flexibility index (Phi) is 19.5. The molecule has 15 heteroatoms. The number of aliphatic hydroxyl groups is 1. The lowest BCUT2D eigenvalue weighted by Gasteiger charge is -2.28. The Morgan fingerprint density at radius 2 is 1.62 bits per heavy atom. The molecular formula is C33H54N6O9. The van der Waals surface area contributed by atoms with Gasteiger partial charge in [-0.05, 0) is 62.1 Å². The molecule has 2 rings (SSSR count). The lowest BCUT2D eigenvalue weighted by atomic mass is 10.0. The Morgan fingerprint density at radius 3 is 2.25 bits per heavy atom. The van der Waals surface area contributed by atoms with Crippen molar-refractivity contribution in [3.8, 4) is 5.75 Å². The summed E-state index contributed by atoms with van der Waals surface area (Å²) in [6.45, 7) is 9.92.